The summed E-state index contributed by atoms with van der Waals surface area (Å²) in [5.41, 5.74) is 2.53. The zero-order chi connectivity index (χ0) is 15.7. The van der Waals surface area contributed by atoms with Crippen molar-refractivity contribution in [3.05, 3.63) is 17.2 Å². The first-order chi connectivity index (χ1) is 9.81. The number of anilines is 1. The highest BCUT2D eigenvalue weighted by atomic mass is 32.2. The minimum atomic E-state index is -0.272. The number of carbonyl (C=O) groups is 1. The molecule has 1 atom stereocenters. The van der Waals surface area contributed by atoms with Gasteiger partial charge in [-0.2, -0.15) is 5.10 Å². The van der Waals surface area contributed by atoms with Crippen molar-refractivity contribution in [2.45, 2.75) is 38.1 Å². The van der Waals surface area contributed by atoms with Crippen molar-refractivity contribution in [3.63, 3.8) is 0 Å². The minimum Gasteiger partial charge on any atom is -0.322 e. The second kappa shape index (κ2) is 5.88. The molecule has 0 aliphatic heterocycles. The van der Waals surface area contributed by atoms with Gasteiger partial charge in [-0.25, -0.2) is 0 Å². The van der Waals surface area contributed by atoms with E-state index < -0.39 is 0 Å². The van der Waals surface area contributed by atoms with Gasteiger partial charge in [0.2, 0.25) is 5.91 Å². The second-order valence-electron chi connectivity index (χ2n) is 5.01. The number of nitrogens with zero attached hydrogens (tertiary/aromatic N) is 5. The quantitative estimate of drug-likeness (QED) is 0.868. The molecular weight excluding hydrogens is 288 g/mol. The lowest BCUT2D eigenvalue weighted by atomic mass is 10.3. The molecule has 8 heteroatoms. The third-order valence-corrected chi connectivity index (χ3v) is 4.60. The molecule has 0 fully saturated rings. The van der Waals surface area contributed by atoms with Crippen LogP contribution in [0, 0.1) is 20.8 Å². The molecule has 1 amide bonds. The van der Waals surface area contributed by atoms with E-state index in [1.54, 1.807) is 4.68 Å². The average molecular weight is 308 g/mol. The molecule has 0 saturated carbocycles. The van der Waals surface area contributed by atoms with Crippen LogP contribution in [0.1, 0.15) is 24.1 Å². The smallest absolute Gasteiger partial charge is 0.237 e. The maximum Gasteiger partial charge on any atom is 0.237 e. The largest absolute Gasteiger partial charge is 0.322 e. The predicted molar refractivity (Wildman–Crippen MR) is 82.4 cm³/mol. The Morgan fingerprint density at radius 1 is 1.24 bits per heavy atom. The third-order valence-electron chi connectivity index (χ3n) is 3.46. The average Bonchev–Trinajstić information content (AvgIpc) is 2.86. The number of aromatic nitrogens is 5. The lowest BCUT2D eigenvalue weighted by Gasteiger charge is -2.11. The summed E-state index contributed by atoms with van der Waals surface area (Å²) in [4.78, 5) is 12.3. The van der Waals surface area contributed by atoms with Crippen LogP contribution in [0.25, 0.3) is 0 Å². The Labute approximate surface area is 128 Å². The normalized spacial score (nSPS) is 12.5. The summed E-state index contributed by atoms with van der Waals surface area (Å²) in [6.07, 6.45) is 0. The van der Waals surface area contributed by atoms with E-state index in [-0.39, 0.29) is 11.2 Å². The molecule has 2 aromatic rings. The number of thioether (sulfide) groups is 1. The summed E-state index contributed by atoms with van der Waals surface area (Å²) in [5, 5.41) is 15.8. The summed E-state index contributed by atoms with van der Waals surface area (Å²) < 4.78 is 3.63. The van der Waals surface area contributed by atoms with Crippen molar-refractivity contribution in [2.24, 2.45) is 14.1 Å². The lowest BCUT2D eigenvalue weighted by molar-refractivity contribution is -0.115. The van der Waals surface area contributed by atoms with Crippen LogP contribution in [-0.4, -0.2) is 35.7 Å². The van der Waals surface area contributed by atoms with E-state index in [9.17, 15) is 4.79 Å². The van der Waals surface area contributed by atoms with Crippen molar-refractivity contribution in [2.75, 3.05) is 5.32 Å². The third kappa shape index (κ3) is 3.10. The number of carbonyl (C=O) groups excluding carboxylic acids is 1. The molecule has 0 spiro atoms. The number of aryl methyl sites for hydroxylation is 3. The predicted octanol–water partition coefficient (Wildman–Crippen LogP) is 1.59. The van der Waals surface area contributed by atoms with Gasteiger partial charge in [0, 0.05) is 14.1 Å². The Hall–Kier alpha value is -1.83. The number of nitrogens with one attached hydrogen (secondary N) is 1. The number of hydrogen-bond acceptors (Lipinski definition) is 5. The summed E-state index contributed by atoms with van der Waals surface area (Å²) in [6.45, 7) is 7.54. The van der Waals surface area contributed by atoms with E-state index in [1.165, 1.54) is 11.8 Å². The molecule has 114 valence electrons. The number of hydrogen-bond donors (Lipinski definition) is 1. The standard InChI is InChI=1S/C13H20N6OS/c1-7-11(8(2)19(6)17-7)14-12(20)9(3)21-13-16-15-10(4)18(13)5/h9H,1-6H3,(H,14,20)/t9-/m0/s1. The molecule has 0 aliphatic rings. The fourth-order valence-corrected chi connectivity index (χ4v) is 2.74. The van der Waals surface area contributed by atoms with Gasteiger partial charge < -0.3 is 9.88 Å². The van der Waals surface area contributed by atoms with Crippen molar-refractivity contribution in [1.82, 2.24) is 24.5 Å². The second-order valence-corrected chi connectivity index (χ2v) is 6.32. The van der Waals surface area contributed by atoms with Gasteiger partial charge in [0.05, 0.1) is 22.3 Å². The van der Waals surface area contributed by atoms with Crippen LogP contribution in [0.3, 0.4) is 0 Å². The van der Waals surface area contributed by atoms with Crippen LogP contribution in [0.15, 0.2) is 5.16 Å². The number of rotatable bonds is 4. The molecule has 0 bridgehead atoms. The van der Waals surface area contributed by atoms with Crippen LogP contribution in [0.5, 0.6) is 0 Å². The van der Waals surface area contributed by atoms with Crippen LogP contribution in [-0.2, 0) is 18.9 Å². The van der Waals surface area contributed by atoms with E-state index >= 15 is 0 Å². The van der Waals surface area contributed by atoms with Crippen LogP contribution in [0.2, 0.25) is 0 Å². The van der Waals surface area contributed by atoms with E-state index in [0.717, 1.165) is 28.1 Å². The van der Waals surface area contributed by atoms with E-state index in [2.05, 4.69) is 20.6 Å². The maximum atomic E-state index is 12.3. The van der Waals surface area contributed by atoms with Crippen LogP contribution < -0.4 is 5.32 Å². The Kier molecular flexibility index (Phi) is 4.36. The van der Waals surface area contributed by atoms with Gasteiger partial charge in [-0.3, -0.25) is 9.48 Å². The highest BCUT2D eigenvalue weighted by Gasteiger charge is 2.20. The molecule has 1 N–H and O–H groups in total. The van der Waals surface area contributed by atoms with E-state index in [0.29, 0.717) is 0 Å². The SMILES string of the molecule is Cc1nn(C)c(C)c1NC(=O)[C@H](C)Sc1nnc(C)n1C. The molecule has 2 aromatic heterocycles. The van der Waals surface area contributed by atoms with Crippen molar-refractivity contribution < 1.29 is 4.79 Å². The lowest BCUT2D eigenvalue weighted by Crippen LogP contribution is -2.23. The molecule has 7 nitrogen and oxygen atoms in total. The van der Waals surface area contributed by atoms with Crippen molar-refractivity contribution in [1.29, 1.82) is 0 Å². The van der Waals surface area contributed by atoms with Gasteiger partial charge in [-0.15, -0.1) is 10.2 Å². The van der Waals surface area contributed by atoms with E-state index in [1.807, 2.05) is 46.4 Å². The topological polar surface area (TPSA) is 77.6 Å². The van der Waals surface area contributed by atoms with Gasteiger partial charge in [-0.05, 0) is 27.7 Å². The fraction of sp³-hybridized carbons (Fsp3) is 0.538. The summed E-state index contributed by atoms with van der Waals surface area (Å²) in [5.74, 6) is 0.754. The Morgan fingerprint density at radius 3 is 2.38 bits per heavy atom. The van der Waals surface area contributed by atoms with Gasteiger partial charge in [-0.1, -0.05) is 11.8 Å². The first kappa shape index (κ1) is 15.6. The zero-order valence-corrected chi connectivity index (χ0v) is 13.9. The fourth-order valence-electron chi connectivity index (χ4n) is 1.88. The summed E-state index contributed by atoms with van der Waals surface area (Å²) >= 11 is 1.39. The molecule has 2 heterocycles. The van der Waals surface area contributed by atoms with Gasteiger partial charge >= 0.3 is 0 Å². The highest BCUT2D eigenvalue weighted by molar-refractivity contribution is 8.00. The van der Waals surface area contributed by atoms with Gasteiger partial charge in [0.1, 0.15) is 5.82 Å². The molecule has 0 aliphatic carbocycles. The van der Waals surface area contributed by atoms with Crippen LogP contribution >= 0.6 is 11.8 Å². The van der Waals surface area contributed by atoms with Crippen molar-refractivity contribution in [3.8, 4) is 0 Å². The Morgan fingerprint density at radius 2 is 1.90 bits per heavy atom. The Balaban J connectivity index is 2.08. The Bertz CT molecular complexity index is 674. The molecule has 0 aromatic carbocycles. The van der Waals surface area contributed by atoms with Crippen molar-refractivity contribution >= 4 is 23.4 Å². The molecule has 2 rings (SSSR count). The first-order valence-corrected chi connectivity index (χ1v) is 7.53. The number of amides is 1. The molecule has 21 heavy (non-hydrogen) atoms. The zero-order valence-electron chi connectivity index (χ0n) is 13.1. The summed E-state index contributed by atoms with van der Waals surface area (Å²) in [7, 11) is 3.75. The van der Waals surface area contributed by atoms with E-state index in [4.69, 9.17) is 0 Å². The highest BCUT2D eigenvalue weighted by Crippen LogP contribution is 2.24. The molecular formula is C13H20N6OS. The molecule has 0 saturated heterocycles. The monoisotopic (exact) mass is 308 g/mol. The van der Waals surface area contributed by atoms with Gasteiger partial charge in [0.25, 0.3) is 0 Å². The minimum absolute atomic E-state index is 0.0696. The van der Waals surface area contributed by atoms with Gasteiger partial charge in [0.15, 0.2) is 5.16 Å². The van der Waals surface area contributed by atoms with Crippen LogP contribution in [0.4, 0.5) is 5.69 Å². The maximum absolute atomic E-state index is 12.3. The first-order valence-electron chi connectivity index (χ1n) is 6.65. The molecule has 0 radical (unpaired) electrons. The molecule has 0 unspecified atom stereocenters. The summed E-state index contributed by atoms with van der Waals surface area (Å²) in [6, 6.07) is 0.